The van der Waals surface area contributed by atoms with E-state index in [1.54, 1.807) is 6.33 Å². The summed E-state index contributed by atoms with van der Waals surface area (Å²) in [6.45, 7) is 0. The van der Waals surface area contributed by atoms with Crippen LogP contribution in [-0.2, 0) is 0 Å². The zero-order valence-corrected chi connectivity index (χ0v) is 10.5. The third-order valence-corrected chi connectivity index (χ3v) is 4.47. The average Bonchev–Trinajstić information content (AvgIpc) is 2.94. The van der Waals surface area contributed by atoms with Crippen molar-refractivity contribution in [1.29, 1.82) is 0 Å². The van der Waals surface area contributed by atoms with Gasteiger partial charge >= 0.3 is 0 Å². The molecular weight excluding hydrogens is 242 g/mol. The second-order valence-corrected chi connectivity index (χ2v) is 5.89. The fourth-order valence-electron chi connectivity index (χ4n) is 2.23. The van der Waals surface area contributed by atoms with E-state index in [-0.39, 0.29) is 0 Å². The smallest absolute Gasteiger partial charge is 0.134 e. The predicted molar refractivity (Wildman–Crippen MR) is 68.3 cm³/mol. The van der Waals surface area contributed by atoms with Gasteiger partial charge in [-0.15, -0.1) is 0 Å². The lowest BCUT2D eigenvalue weighted by Gasteiger charge is -2.29. The lowest BCUT2D eigenvalue weighted by molar-refractivity contribution is 0.631. The zero-order valence-electron chi connectivity index (χ0n) is 8.97. The molecule has 0 amide bonds. The second-order valence-electron chi connectivity index (χ2n) is 4.35. The highest BCUT2D eigenvalue weighted by atomic mass is 35.5. The van der Waals surface area contributed by atoms with E-state index in [4.69, 9.17) is 11.6 Å². The van der Waals surface area contributed by atoms with E-state index in [0.717, 1.165) is 5.82 Å². The Labute approximate surface area is 105 Å². The van der Waals surface area contributed by atoms with E-state index in [1.165, 1.54) is 30.8 Å². The number of rotatable bonds is 3. The Balaban J connectivity index is 1.87. The molecule has 2 aliphatic rings. The quantitative estimate of drug-likeness (QED) is 0.777. The van der Waals surface area contributed by atoms with E-state index < -0.39 is 0 Å². The van der Waals surface area contributed by atoms with E-state index in [9.17, 15) is 0 Å². The number of hydrogen-bond acceptors (Lipinski definition) is 4. The standard InChI is InChI=1S/C11H14ClN3S/c12-10-5-11(14-7-13-10)15(8-1-2-8)9-3-4-16-6-9/h5,7-9H,1-4,6H2. The predicted octanol–water partition coefficient (Wildman–Crippen LogP) is 2.60. The van der Waals surface area contributed by atoms with Gasteiger partial charge in [-0.05, 0) is 25.0 Å². The summed E-state index contributed by atoms with van der Waals surface area (Å²) < 4.78 is 0. The first-order valence-corrected chi connectivity index (χ1v) is 7.21. The summed E-state index contributed by atoms with van der Waals surface area (Å²) in [6, 6.07) is 3.22. The van der Waals surface area contributed by atoms with Crippen LogP contribution in [0.1, 0.15) is 19.3 Å². The third-order valence-electron chi connectivity index (χ3n) is 3.12. The molecule has 1 unspecified atom stereocenters. The zero-order chi connectivity index (χ0) is 11.0. The van der Waals surface area contributed by atoms with Crippen molar-refractivity contribution >= 4 is 29.2 Å². The van der Waals surface area contributed by atoms with Crippen molar-refractivity contribution in [2.24, 2.45) is 0 Å². The summed E-state index contributed by atoms with van der Waals surface area (Å²) in [5, 5.41) is 0.543. The fourth-order valence-corrected chi connectivity index (χ4v) is 3.58. The van der Waals surface area contributed by atoms with Gasteiger partial charge in [-0.1, -0.05) is 11.6 Å². The molecule has 0 aromatic carbocycles. The van der Waals surface area contributed by atoms with Crippen LogP contribution in [0.25, 0.3) is 0 Å². The van der Waals surface area contributed by atoms with Crippen LogP contribution in [0.2, 0.25) is 5.15 Å². The molecule has 1 aromatic heterocycles. The van der Waals surface area contributed by atoms with Crippen molar-refractivity contribution in [3.63, 3.8) is 0 Å². The molecule has 1 aliphatic heterocycles. The van der Waals surface area contributed by atoms with E-state index in [2.05, 4.69) is 14.9 Å². The van der Waals surface area contributed by atoms with Crippen LogP contribution in [0, 0.1) is 0 Å². The average molecular weight is 256 g/mol. The van der Waals surface area contributed by atoms with Crippen LogP contribution in [0.4, 0.5) is 5.82 Å². The number of anilines is 1. The van der Waals surface area contributed by atoms with Crippen LogP contribution < -0.4 is 4.90 Å². The van der Waals surface area contributed by atoms with Crippen molar-refractivity contribution < 1.29 is 0 Å². The van der Waals surface area contributed by atoms with Crippen LogP contribution in [0.15, 0.2) is 12.4 Å². The van der Waals surface area contributed by atoms with Gasteiger partial charge in [-0.25, -0.2) is 9.97 Å². The normalized spacial score (nSPS) is 24.7. The first kappa shape index (κ1) is 10.7. The van der Waals surface area contributed by atoms with Crippen LogP contribution >= 0.6 is 23.4 Å². The minimum Gasteiger partial charge on any atom is -0.350 e. The molecule has 1 saturated carbocycles. The molecule has 1 atom stereocenters. The molecule has 1 aromatic rings. The minimum absolute atomic E-state index is 0.543. The molecule has 1 saturated heterocycles. The summed E-state index contributed by atoms with van der Waals surface area (Å²) in [4.78, 5) is 10.8. The number of aromatic nitrogens is 2. The van der Waals surface area contributed by atoms with Gasteiger partial charge in [0.25, 0.3) is 0 Å². The Kier molecular flexibility index (Phi) is 2.94. The Morgan fingerprint density at radius 2 is 2.12 bits per heavy atom. The SMILES string of the molecule is Clc1cc(N(C2CC2)C2CCSC2)ncn1. The first-order valence-electron chi connectivity index (χ1n) is 5.68. The molecule has 0 spiro atoms. The molecule has 86 valence electrons. The Bertz CT molecular complexity index is 377. The van der Waals surface area contributed by atoms with E-state index >= 15 is 0 Å². The molecule has 2 heterocycles. The monoisotopic (exact) mass is 255 g/mol. The highest BCUT2D eigenvalue weighted by molar-refractivity contribution is 7.99. The van der Waals surface area contributed by atoms with E-state index in [1.807, 2.05) is 17.8 Å². The molecule has 3 nitrogen and oxygen atoms in total. The highest BCUT2D eigenvalue weighted by Crippen LogP contribution is 2.36. The molecule has 1 aliphatic carbocycles. The Morgan fingerprint density at radius 3 is 2.75 bits per heavy atom. The minimum atomic E-state index is 0.543. The van der Waals surface area contributed by atoms with Crippen molar-refractivity contribution in [3.8, 4) is 0 Å². The van der Waals surface area contributed by atoms with Crippen LogP contribution in [0.3, 0.4) is 0 Å². The number of nitrogens with zero attached hydrogens (tertiary/aromatic N) is 3. The maximum Gasteiger partial charge on any atom is 0.134 e. The third kappa shape index (κ3) is 2.13. The van der Waals surface area contributed by atoms with Crippen LogP contribution in [-0.4, -0.2) is 33.6 Å². The van der Waals surface area contributed by atoms with Crippen molar-refractivity contribution in [1.82, 2.24) is 9.97 Å². The molecule has 2 fully saturated rings. The van der Waals surface area contributed by atoms with Crippen LogP contribution in [0.5, 0.6) is 0 Å². The second kappa shape index (κ2) is 4.41. The van der Waals surface area contributed by atoms with Crippen molar-refractivity contribution in [2.75, 3.05) is 16.4 Å². The van der Waals surface area contributed by atoms with Gasteiger partial charge in [-0.2, -0.15) is 11.8 Å². The summed E-state index contributed by atoms with van der Waals surface area (Å²) in [6.07, 6.45) is 5.42. The van der Waals surface area contributed by atoms with Gasteiger partial charge in [-0.3, -0.25) is 0 Å². The molecule has 3 rings (SSSR count). The molecule has 0 radical (unpaired) electrons. The van der Waals surface area contributed by atoms with Crippen molar-refractivity contribution in [2.45, 2.75) is 31.3 Å². The van der Waals surface area contributed by atoms with Gasteiger partial charge in [0.05, 0.1) is 0 Å². The topological polar surface area (TPSA) is 29.0 Å². The van der Waals surface area contributed by atoms with Crippen molar-refractivity contribution in [3.05, 3.63) is 17.5 Å². The fraction of sp³-hybridized carbons (Fsp3) is 0.636. The Hall–Kier alpha value is -0.480. The van der Waals surface area contributed by atoms with Gasteiger partial charge in [0.1, 0.15) is 17.3 Å². The number of hydrogen-bond donors (Lipinski definition) is 0. The van der Waals surface area contributed by atoms with Gasteiger partial charge in [0.2, 0.25) is 0 Å². The Morgan fingerprint density at radius 1 is 1.25 bits per heavy atom. The lowest BCUT2D eigenvalue weighted by atomic mass is 10.2. The summed E-state index contributed by atoms with van der Waals surface area (Å²) >= 11 is 7.97. The molecule has 0 N–H and O–H groups in total. The van der Waals surface area contributed by atoms with Gasteiger partial charge in [0, 0.05) is 23.9 Å². The summed E-state index contributed by atoms with van der Waals surface area (Å²) in [5.41, 5.74) is 0. The maximum absolute atomic E-state index is 5.94. The largest absolute Gasteiger partial charge is 0.350 e. The summed E-state index contributed by atoms with van der Waals surface area (Å²) in [7, 11) is 0. The molecular formula is C11H14ClN3S. The molecule has 16 heavy (non-hydrogen) atoms. The molecule has 0 bridgehead atoms. The maximum atomic E-state index is 5.94. The lowest BCUT2D eigenvalue weighted by Crippen LogP contribution is -2.37. The highest BCUT2D eigenvalue weighted by Gasteiger charge is 2.36. The molecule has 5 heteroatoms. The number of thioether (sulfide) groups is 1. The van der Waals surface area contributed by atoms with Gasteiger partial charge < -0.3 is 4.90 Å². The summed E-state index contributed by atoms with van der Waals surface area (Å²) in [5.74, 6) is 3.50. The number of halogens is 1. The first-order chi connectivity index (χ1) is 7.84. The van der Waals surface area contributed by atoms with Gasteiger partial charge in [0.15, 0.2) is 0 Å². The van der Waals surface area contributed by atoms with E-state index in [0.29, 0.717) is 17.2 Å².